The second-order valence-electron chi connectivity index (χ2n) is 7.64. The van der Waals surface area contributed by atoms with Gasteiger partial charge in [0.1, 0.15) is 0 Å². The number of allylic oxidation sites excluding steroid dienone is 2. The van der Waals surface area contributed by atoms with Gasteiger partial charge in [-0.2, -0.15) is 0 Å². The first-order valence-corrected chi connectivity index (χ1v) is 9.05. The van der Waals surface area contributed by atoms with Crippen LogP contribution in [0.25, 0.3) is 0 Å². The van der Waals surface area contributed by atoms with E-state index in [0.717, 1.165) is 12.1 Å². The summed E-state index contributed by atoms with van der Waals surface area (Å²) in [5.74, 6) is 1.80. The van der Waals surface area contributed by atoms with E-state index in [1.165, 1.54) is 16.9 Å². The SMILES string of the molecule is CCc1ccc(NCN2C(=O)[C@@H]3[C@@H]4C=C[C@H]([C@H]5C[C@@H]45)[C@@H]3C2=O)cc1. The molecule has 1 aromatic rings. The Labute approximate surface area is 141 Å². The van der Waals surface area contributed by atoms with E-state index in [0.29, 0.717) is 23.7 Å². The standard InChI is InChI=1S/C20H22N2O2/c1-2-11-3-5-12(6-4-11)21-10-22-19(23)17-13-7-8-14(16-9-15(13)16)18(17)20(22)24/h3-8,13-18,21H,2,9-10H2,1H3/t13-,14-,15-,16+,17+,18-/m1/s1. The van der Waals surface area contributed by atoms with Crippen molar-refractivity contribution in [2.45, 2.75) is 19.8 Å². The minimum absolute atomic E-state index is 0.0346. The molecule has 2 saturated carbocycles. The fraction of sp³-hybridized carbons (Fsp3) is 0.500. The Morgan fingerprint density at radius 3 is 2.12 bits per heavy atom. The molecule has 4 nitrogen and oxygen atoms in total. The number of hydrogen-bond acceptors (Lipinski definition) is 3. The summed E-state index contributed by atoms with van der Waals surface area (Å²) in [6, 6.07) is 8.18. The maximum atomic E-state index is 12.9. The normalized spacial score (nSPS) is 38.3. The number of rotatable bonds is 4. The molecular weight excluding hydrogens is 300 g/mol. The van der Waals surface area contributed by atoms with Gasteiger partial charge in [0.2, 0.25) is 11.8 Å². The summed E-state index contributed by atoms with van der Waals surface area (Å²) >= 11 is 0. The zero-order valence-electron chi connectivity index (χ0n) is 13.8. The van der Waals surface area contributed by atoms with Crippen LogP contribution >= 0.6 is 0 Å². The highest BCUT2D eigenvalue weighted by Gasteiger charge is 2.66. The fourth-order valence-corrected chi connectivity index (χ4v) is 5.20. The molecule has 124 valence electrons. The quantitative estimate of drug-likeness (QED) is 0.685. The molecule has 6 rings (SSSR count). The van der Waals surface area contributed by atoms with Crippen LogP contribution in [0.5, 0.6) is 0 Å². The van der Waals surface area contributed by atoms with Crippen molar-refractivity contribution in [3.63, 3.8) is 0 Å². The van der Waals surface area contributed by atoms with Gasteiger partial charge < -0.3 is 5.32 Å². The molecule has 24 heavy (non-hydrogen) atoms. The molecule has 5 aliphatic rings. The van der Waals surface area contributed by atoms with Crippen LogP contribution in [0.15, 0.2) is 36.4 Å². The lowest BCUT2D eigenvalue weighted by Gasteiger charge is -2.37. The highest BCUT2D eigenvalue weighted by molar-refractivity contribution is 6.06. The van der Waals surface area contributed by atoms with Gasteiger partial charge in [0, 0.05) is 5.69 Å². The minimum Gasteiger partial charge on any atom is -0.367 e. The van der Waals surface area contributed by atoms with Gasteiger partial charge in [-0.15, -0.1) is 0 Å². The van der Waals surface area contributed by atoms with Crippen molar-refractivity contribution in [1.29, 1.82) is 0 Å². The zero-order valence-corrected chi connectivity index (χ0v) is 13.8. The zero-order chi connectivity index (χ0) is 16.4. The number of nitrogens with one attached hydrogen (secondary N) is 1. The van der Waals surface area contributed by atoms with Crippen LogP contribution in [0, 0.1) is 35.5 Å². The predicted molar refractivity (Wildman–Crippen MR) is 90.9 cm³/mol. The number of anilines is 1. The Kier molecular flexibility index (Phi) is 2.94. The van der Waals surface area contributed by atoms with Gasteiger partial charge in [-0.1, -0.05) is 31.2 Å². The first kappa shape index (κ1) is 14.3. The lowest BCUT2D eigenvalue weighted by molar-refractivity contribution is -0.139. The summed E-state index contributed by atoms with van der Waals surface area (Å²) in [5, 5.41) is 3.24. The largest absolute Gasteiger partial charge is 0.367 e. The Morgan fingerprint density at radius 1 is 1.00 bits per heavy atom. The number of aryl methyl sites for hydroxylation is 1. The predicted octanol–water partition coefficient (Wildman–Crippen LogP) is 2.67. The van der Waals surface area contributed by atoms with Crippen molar-refractivity contribution < 1.29 is 9.59 Å². The molecule has 4 heteroatoms. The summed E-state index contributed by atoms with van der Waals surface area (Å²) in [5.41, 5.74) is 2.23. The number of hydrogen-bond donors (Lipinski definition) is 1. The Bertz CT molecular complexity index is 703. The van der Waals surface area contributed by atoms with Gasteiger partial charge in [0.15, 0.2) is 0 Å². The molecule has 4 aliphatic carbocycles. The topological polar surface area (TPSA) is 49.4 Å². The van der Waals surface area contributed by atoms with Crippen LogP contribution in [0.2, 0.25) is 0 Å². The third-order valence-electron chi connectivity index (χ3n) is 6.56. The lowest BCUT2D eigenvalue weighted by Crippen LogP contribution is -2.40. The van der Waals surface area contributed by atoms with E-state index in [9.17, 15) is 9.59 Å². The average Bonchev–Trinajstić information content (AvgIpc) is 3.39. The van der Waals surface area contributed by atoms with Crippen LogP contribution in [-0.4, -0.2) is 23.4 Å². The van der Waals surface area contributed by atoms with E-state index in [1.54, 1.807) is 0 Å². The van der Waals surface area contributed by atoms with E-state index in [4.69, 9.17) is 0 Å². The molecule has 0 spiro atoms. The molecular formula is C20H22N2O2. The summed E-state index contributed by atoms with van der Waals surface area (Å²) in [6.07, 6.45) is 6.64. The summed E-state index contributed by atoms with van der Waals surface area (Å²) in [4.78, 5) is 27.2. The first-order chi connectivity index (χ1) is 11.7. The molecule has 2 bridgehead atoms. The summed E-state index contributed by atoms with van der Waals surface area (Å²) in [6.45, 7) is 2.41. The summed E-state index contributed by atoms with van der Waals surface area (Å²) < 4.78 is 0. The van der Waals surface area contributed by atoms with Crippen molar-refractivity contribution in [2.75, 3.05) is 12.0 Å². The number of nitrogens with zero attached hydrogens (tertiary/aromatic N) is 1. The maximum absolute atomic E-state index is 12.9. The maximum Gasteiger partial charge on any atom is 0.235 e. The number of amides is 2. The van der Waals surface area contributed by atoms with Crippen molar-refractivity contribution in [3.8, 4) is 0 Å². The van der Waals surface area contributed by atoms with E-state index in [1.807, 2.05) is 12.1 Å². The molecule has 0 radical (unpaired) electrons. The van der Waals surface area contributed by atoms with Crippen molar-refractivity contribution >= 4 is 17.5 Å². The number of likely N-dealkylation sites (tertiary alicyclic amines) is 1. The van der Waals surface area contributed by atoms with Crippen LogP contribution in [-0.2, 0) is 16.0 Å². The molecule has 0 aromatic heterocycles. The highest BCUT2D eigenvalue weighted by atomic mass is 16.2. The number of benzene rings is 1. The molecule has 1 heterocycles. The molecule has 1 saturated heterocycles. The van der Waals surface area contributed by atoms with E-state index >= 15 is 0 Å². The smallest absolute Gasteiger partial charge is 0.235 e. The Balaban J connectivity index is 1.33. The van der Waals surface area contributed by atoms with Crippen LogP contribution in [0.3, 0.4) is 0 Å². The third kappa shape index (κ3) is 1.86. The number of imide groups is 1. The van der Waals surface area contributed by atoms with E-state index in [2.05, 4.69) is 36.5 Å². The molecule has 6 atom stereocenters. The van der Waals surface area contributed by atoms with Crippen LogP contribution in [0.1, 0.15) is 18.9 Å². The first-order valence-electron chi connectivity index (χ1n) is 9.05. The minimum atomic E-state index is -0.0967. The van der Waals surface area contributed by atoms with Gasteiger partial charge in [-0.05, 0) is 54.2 Å². The molecule has 1 aliphatic heterocycles. The van der Waals surface area contributed by atoms with Crippen molar-refractivity contribution in [3.05, 3.63) is 42.0 Å². The monoisotopic (exact) mass is 322 g/mol. The Hall–Kier alpha value is -2.10. The van der Waals surface area contributed by atoms with Crippen LogP contribution < -0.4 is 5.32 Å². The van der Waals surface area contributed by atoms with Gasteiger partial charge in [0.25, 0.3) is 0 Å². The lowest BCUT2D eigenvalue weighted by atomic mass is 9.63. The highest BCUT2D eigenvalue weighted by Crippen LogP contribution is 2.65. The fourth-order valence-electron chi connectivity index (χ4n) is 5.20. The second-order valence-corrected chi connectivity index (χ2v) is 7.64. The number of carbonyl (C=O) groups excluding carboxylic acids is 2. The van der Waals surface area contributed by atoms with Gasteiger partial charge >= 0.3 is 0 Å². The molecule has 1 aromatic carbocycles. The molecule has 0 unspecified atom stereocenters. The third-order valence-corrected chi connectivity index (χ3v) is 6.56. The van der Waals surface area contributed by atoms with E-state index in [-0.39, 0.29) is 30.3 Å². The van der Waals surface area contributed by atoms with E-state index < -0.39 is 0 Å². The molecule has 1 N–H and O–H groups in total. The summed E-state index contributed by atoms with van der Waals surface area (Å²) in [7, 11) is 0. The van der Waals surface area contributed by atoms with Gasteiger partial charge in [-0.25, -0.2) is 0 Å². The second kappa shape index (κ2) is 4.95. The Morgan fingerprint density at radius 2 is 1.58 bits per heavy atom. The average molecular weight is 322 g/mol. The van der Waals surface area contributed by atoms with Gasteiger partial charge in [0.05, 0.1) is 18.5 Å². The molecule has 3 fully saturated rings. The van der Waals surface area contributed by atoms with Crippen LogP contribution in [0.4, 0.5) is 5.69 Å². The van der Waals surface area contributed by atoms with Crippen molar-refractivity contribution in [2.24, 2.45) is 35.5 Å². The molecule has 2 amide bonds. The van der Waals surface area contributed by atoms with Gasteiger partial charge in [-0.3, -0.25) is 14.5 Å². The van der Waals surface area contributed by atoms with Crippen molar-refractivity contribution in [1.82, 2.24) is 4.90 Å². The number of carbonyl (C=O) groups is 2.